The Hall–Kier alpha value is -1.57. The molecule has 4 heteroatoms. The molecular weight excluding hydrogens is 316 g/mol. The van der Waals surface area contributed by atoms with Gasteiger partial charge >= 0.3 is 5.97 Å². The molecule has 0 amide bonds. The number of aliphatic hydroxyl groups is 1. The summed E-state index contributed by atoms with van der Waals surface area (Å²) in [5, 5.41) is 11.0. The molecule has 1 fully saturated rings. The maximum Gasteiger partial charge on any atom is 0.309 e. The number of carbonyl (C=O) groups excluding carboxylic acids is 1. The van der Waals surface area contributed by atoms with Crippen molar-refractivity contribution in [1.82, 2.24) is 0 Å². The lowest BCUT2D eigenvalue weighted by molar-refractivity contribution is -0.151. The van der Waals surface area contributed by atoms with Gasteiger partial charge in [0.25, 0.3) is 0 Å². The standard InChI is InChI=1S/C20H28O3Si/c1-5-23-19(21)17-11-12-20(22,13-14-24(2,3)4)15-18(17)16-9-7-6-8-10-16/h6-10,17-18,22H,5,11-12,15H2,1-4H3/t17-,18+,20-/m1/s1. The second kappa shape index (κ2) is 7.54. The fourth-order valence-electron chi connectivity index (χ4n) is 3.20. The lowest BCUT2D eigenvalue weighted by Crippen LogP contribution is -2.40. The summed E-state index contributed by atoms with van der Waals surface area (Å²) in [6, 6.07) is 9.95. The van der Waals surface area contributed by atoms with Gasteiger partial charge in [-0.15, -0.1) is 5.54 Å². The van der Waals surface area contributed by atoms with Gasteiger partial charge in [-0.1, -0.05) is 55.9 Å². The molecule has 0 saturated heterocycles. The van der Waals surface area contributed by atoms with E-state index < -0.39 is 13.7 Å². The van der Waals surface area contributed by atoms with Crippen molar-refractivity contribution < 1.29 is 14.6 Å². The van der Waals surface area contributed by atoms with Crippen molar-refractivity contribution in [2.75, 3.05) is 6.61 Å². The molecule has 3 nitrogen and oxygen atoms in total. The normalized spacial score (nSPS) is 27.0. The van der Waals surface area contributed by atoms with Gasteiger partial charge in [-0.05, 0) is 31.7 Å². The van der Waals surface area contributed by atoms with Crippen LogP contribution < -0.4 is 0 Å². The molecule has 2 rings (SSSR count). The quantitative estimate of drug-likeness (QED) is 0.516. The summed E-state index contributed by atoms with van der Waals surface area (Å²) in [5.74, 6) is 2.72. The lowest BCUT2D eigenvalue weighted by atomic mass is 9.69. The minimum Gasteiger partial charge on any atom is -0.466 e. The molecule has 1 saturated carbocycles. The second-order valence-corrected chi connectivity index (χ2v) is 12.4. The Kier molecular flexibility index (Phi) is 5.90. The number of ether oxygens (including phenoxy) is 1. The Bertz CT molecular complexity index is 624. The topological polar surface area (TPSA) is 46.5 Å². The van der Waals surface area contributed by atoms with E-state index in [1.165, 1.54) is 0 Å². The molecule has 0 aromatic heterocycles. The molecule has 0 spiro atoms. The van der Waals surface area contributed by atoms with Crippen molar-refractivity contribution in [3.8, 4) is 11.5 Å². The maximum absolute atomic E-state index is 12.4. The molecule has 1 aromatic carbocycles. The van der Waals surface area contributed by atoms with E-state index >= 15 is 0 Å². The van der Waals surface area contributed by atoms with Crippen LogP contribution in [-0.4, -0.2) is 31.4 Å². The van der Waals surface area contributed by atoms with E-state index in [2.05, 4.69) is 31.1 Å². The van der Waals surface area contributed by atoms with Crippen LogP contribution in [0.25, 0.3) is 0 Å². The Morgan fingerprint density at radius 1 is 1.33 bits per heavy atom. The Labute approximate surface area is 146 Å². The Morgan fingerprint density at radius 3 is 2.58 bits per heavy atom. The van der Waals surface area contributed by atoms with Crippen molar-refractivity contribution in [3.63, 3.8) is 0 Å². The zero-order chi connectivity index (χ0) is 17.8. The summed E-state index contributed by atoms with van der Waals surface area (Å²) in [7, 11) is -1.55. The number of carbonyl (C=O) groups is 1. The molecule has 1 aromatic rings. The summed E-state index contributed by atoms with van der Waals surface area (Å²) in [6.07, 6.45) is 1.62. The fourth-order valence-corrected chi connectivity index (χ4v) is 3.81. The molecule has 24 heavy (non-hydrogen) atoms. The van der Waals surface area contributed by atoms with Crippen LogP contribution in [0, 0.1) is 17.4 Å². The number of rotatable bonds is 3. The van der Waals surface area contributed by atoms with E-state index in [-0.39, 0.29) is 17.8 Å². The van der Waals surface area contributed by atoms with Crippen molar-refractivity contribution in [2.24, 2.45) is 5.92 Å². The van der Waals surface area contributed by atoms with Gasteiger partial charge in [0.2, 0.25) is 0 Å². The van der Waals surface area contributed by atoms with Crippen molar-refractivity contribution in [1.29, 1.82) is 0 Å². The van der Waals surface area contributed by atoms with Crippen molar-refractivity contribution >= 4 is 14.0 Å². The zero-order valence-electron chi connectivity index (χ0n) is 15.1. The van der Waals surface area contributed by atoms with Crippen LogP contribution in [0.3, 0.4) is 0 Å². The smallest absolute Gasteiger partial charge is 0.309 e. The fraction of sp³-hybridized carbons (Fsp3) is 0.550. The van der Waals surface area contributed by atoms with E-state index in [9.17, 15) is 9.90 Å². The number of hydrogen-bond donors (Lipinski definition) is 1. The first-order chi connectivity index (χ1) is 11.2. The third-order valence-corrected chi connectivity index (χ3v) is 5.27. The van der Waals surface area contributed by atoms with Crippen molar-refractivity contribution in [3.05, 3.63) is 35.9 Å². The van der Waals surface area contributed by atoms with Gasteiger partial charge in [0, 0.05) is 5.92 Å². The van der Waals surface area contributed by atoms with Gasteiger partial charge in [0.1, 0.15) is 13.7 Å². The summed E-state index contributed by atoms with van der Waals surface area (Å²) in [6.45, 7) is 8.72. The van der Waals surface area contributed by atoms with Crippen molar-refractivity contribution in [2.45, 2.75) is 57.3 Å². The minimum atomic E-state index is -1.55. The predicted molar refractivity (Wildman–Crippen MR) is 99.2 cm³/mol. The molecule has 0 unspecified atom stereocenters. The molecular formula is C20H28O3Si. The van der Waals surface area contributed by atoms with Crippen LogP contribution in [0.2, 0.25) is 19.6 Å². The third kappa shape index (κ3) is 4.96. The summed E-state index contributed by atoms with van der Waals surface area (Å²) < 4.78 is 5.27. The zero-order valence-corrected chi connectivity index (χ0v) is 16.1. The highest BCUT2D eigenvalue weighted by Gasteiger charge is 2.43. The highest BCUT2D eigenvalue weighted by atomic mass is 28.3. The first-order valence-corrected chi connectivity index (χ1v) is 12.2. The average Bonchev–Trinajstić information content (AvgIpc) is 2.53. The SMILES string of the molecule is CCOC(=O)[C@@H]1CC[C@@](O)(C#C[Si](C)(C)C)C[C@H]1c1ccccc1. The first-order valence-electron chi connectivity index (χ1n) is 8.72. The van der Waals surface area contributed by atoms with E-state index in [4.69, 9.17) is 4.74 Å². The molecule has 0 radical (unpaired) electrons. The molecule has 0 bridgehead atoms. The van der Waals surface area contributed by atoms with Gasteiger partial charge < -0.3 is 9.84 Å². The molecule has 0 heterocycles. The predicted octanol–water partition coefficient (Wildman–Crippen LogP) is 3.75. The van der Waals surface area contributed by atoms with E-state index in [0.717, 1.165) is 5.56 Å². The molecule has 3 atom stereocenters. The molecule has 130 valence electrons. The molecule has 0 aliphatic heterocycles. The second-order valence-electron chi connectivity index (χ2n) is 7.65. The third-order valence-electron chi connectivity index (χ3n) is 4.40. The van der Waals surface area contributed by atoms with Gasteiger partial charge in [-0.2, -0.15) is 0 Å². The summed E-state index contributed by atoms with van der Waals surface area (Å²) >= 11 is 0. The van der Waals surface area contributed by atoms with Crippen LogP contribution in [0.5, 0.6) is 0 Å². The highest BCUT2D eigenvalue weighted by Crippen LogP contribution is 2.43. The molecule has 1 N–H and O–H groups in total. The maximum atomic E-state index is 12.4. The lowest BCUT2D eigenvalue weighted by Gasteiger charge is -2.38. The van der Waals surface area contributed by atoms with Crippen LogP contribution in [-0.2, 0) is 9.53 Å². The summed E-state index contributed by atoms with van der Waals surface area (Å²) in [5.41, 5.74) is 3.36. The first kappa shape index (κ1) is 18.8. The van der Waals surface area contributed by atoms with Gasteiger partial charge in [0.05, 0.1) is 12.5 Å². The van der Waals surface area contributed by atoms with Crippen LogP contribution >= 0.6 is 0 Å². The molecule has 1 aliphatic carbocycles. The number of hydrogen-bond acceptors (Lipinski definition) is 3. The minimum absolute atomic E-state index is 0.0556. The van der Waals surface area contributed by atoms with Crippen LogP contribution in [0.1, 0.15) is 37.7 Å². The molecule has 1 aliphatic rings. The number of benzene rings is 1. The largest absolute Gasteiger partial charge is 0.466 e. The summed E-state index contributed by atoms with van der Waals surface area (Å²) in [4.78, 5) is 12.4. The van der Waals surface area contributed by atoms with Gasteiger partial charge in [0.15, 0.2) is 0 Å². The van der Waals surface area contributed by atoms with Crippen LogP contribution in [0.15, 0.2) is 30.3 Å². The average molecular weight is 345 g/mol. The number of esters is 1. The van der Waals surface area contributed by atoms with E-state index in [1.54, 1.807) is 0 Å². The Balaban J connectivity index is 2.30. The van der Waals surface area contributed by atoms with Crippen LogP contribution in [0.4, 0.5) is 0 Å². The van der Waals surface area contributed by atoms with Gasteiger partial charge in [-0.25, -0.2) is 0 Å². The van der Waals surface area contributed by atoms with E-state index in [0.29, 0.717) is 25.9 Å². The van der Waals surface area contributed by atoms with Gasteiger partial charge in [-0.3, -0.25) is 4.79 Å². The monoisotopic (exact) mass is 344 g/mol. The Morgan fingerprint density at radius 2 is 2.00 bits per heavy atom. The highest BCUT2D eigenvalue weighted by molar-refractivity contribution is 6.83. The van der Waals surface area contributed by atoms with E-state index in [1.807, 2.05) is 37.3 Å².